The fourth-order valence-corrected chi connectivity index (χ4v) is 5.80. The van der Waals surface area contributed by atoms with E-state index in [0.29, 0.717) is 11.8 Å². The number of aromatic nitrogens is 1. The largest absolute Gasteiger partial charge is 0.456 e. The molecule has 1 fully saturated rings. The van der Waals surface area contributed by atoms with Gasteiger partial charge in [0.15, 0.2) is 0 Å². The Labute approximate surface area is 220 Å². The molecule has 1 N–H and O–H groups in total. The van der Waals surface area contributed by atoms with Gasteiger partial charge in [-0.2, -0.15) is 0 Å². The fraction of sp³-hybridized carbons (Fsp3) is 0.333. The monoisotopic (exact) mass is 492 g/mol. The number of benzene rings is 3. The summed E-state index contributed by atoms with van der Waals surface area (Å²) in [6, 6.07) is 28.7. The molecule has 0 saturated carbocycles. The third-order valence-electron chi connectivity index (χ3n) is 7.94. The quantitative estimate of drug-likeness (QED) is 0.266. The van der Waals surface area contributed by atoms with E-state index in [2.05, 4.69) is 54.5 Å². The van der Waals surface area contributed by atoms with Crippen molar-refractivity contribution < 1.29 is 9.53 Å². The Morgan fingerprint density at radius 1 is 0.892 bits per heavy atom. The van der Waals surface area contributed by atoms with Crippen LogP contribution >= 0.6 is 0 Å². The first kappa shape index (κ1) is 25.2. The minimum absolute atomic E-state index is 0.0722. The predicted molar refractivity (Wildman–Crippen MR) is 150 cm³/mol. The highest BCUT2D eigenvalue weighted by Crippen LogP contribution is 2.36. The zero-order valence-corrected chi connectivity index (χ0v) is 21.8. The lowest BCUT2D eigenvalue weighted by Gasteiger charge is -2.40. The molecule has 190 valence electrons. The molecule has 3 aromatic carbocycles. The Morgan fingerprint density at radius 3 is 2.35 bits per heavy atom. The van der Waals surface area contributed by atoms with Crippen molar-refractivity contribution >= 4 is 16.9 Å². The van der Waals surface area contributed by atoms with Gasteiger partial charge in [-0.1, -0.05) is 99.5 Å². The number of esters is 1. The number of pyridine rings is 1. The molecule has 4 nitrogen and oxygen atoms in total. The van der Waals surface area contributed by atoms with Crippen molar-refractivity contribution in [2.75, 3.05) is 6.54 Å². The van der Waals surface area contributed by atoms with E-state index in [-0.39, 0.29) is 24.5 Å². The predicted octanol–water partition coefficient (Wildman–Crippen LogP) is 7.14. The number of carbonyl (C=O) groups excluding carboxylic acids is 1. The van der Waals surface area contributed by atoms with E-state index in [1.807, 2.05) is 60.8 Å². The van der Waals surface area contributed by atoms with Gasteiger partial charge in [-0.15, -0.1) is 0 Å². The number of nitrogens with zero attached hydrogens (tertiary/aromatic N) is 1. The lowest BCUT2D eigenvalue weighted by atomic mass is 9.77. The Kier molecular flexibility index (Phi) is 7.96. The van der Waals surface area contributed by atoms with Gasteiger partial charge >= 0.3 is 5.97 Å². The van der Waals surface area contributed by atoms with Crippen molar-refractivity contribution in [1.29, 1.82) is 0 Å². The third-order valence-corrected chi connectivity index (χ3v) is 7.94. The number of ether oxygens (including phenoxy) is 1. The lowest BCUT2D eigenvalue weighted by molar-refractivity contribution is -0.151. The molecular formula is C33H36N2O2. The number of hydrogen-bond acceptors (Lipinski definition) is 4. The summed E-state index contributed by atoms with van der Waals surface area (Å²) in [5, 5.41) is 4.79. The van der Waals surface area contributed by atoms with Gasteiger partial charge in [0.2, 0.25) is 0 Å². The van der Waals surface area contributed by atoms with E-state index in [9.17, 15) is 4.79 Å². The SMILES string of the molecule is CC[C@H]1CN[C@H]([C@H](OC(=O)Cc2ccc(-c3ccccc3)cc2)c2ccnc3ccccc23)C[C@@H]1CC. The van der Waals surface area contributed by atoms with E-state index in [1.165, 1.54) is 12.0 Å². The van der Waals surface area contributed by atoms with Gasteiger partial charge in [-0.25, -0.2) is 0 Å². The van der Waals surface area contributed by atoms with Crippen LogP contribution in [0.3, 0.4) is 0 Å². The topological polar surface area (TPSA) is 51.2 Å². The van der Waals surface area contributed by atoms with Crippen LogP contribution in [0.2, 0.25) is 0 Å². The summed E-state index contributed by atoms with van der Waals surface area (Å²) in [6.45, 7) is 5.50. The molecule has 1 aliphatic rings. The van der Waals surface area contributed by atoms with Crippen LogP contribution in [0.1, 0.15) is 50.3 Å². The fourth-order valence-electron chi connectivity index (χ4n) is 5.80. The first-order chi connectivity index (χ1) is 18.2. The molecule has 0 radical (unpaired) electrons. The summed E-state index contributed by atoms with van der Waals surface area (Å²) in [5.74, 6) is 1.08. The molecule has 0 spiro atoms. The molecule has 0 amide bonds. The number of rotatable bonds is 8. The Hall–Kier alpha value is -3.50. The van der Waals surface area contributed by atoms with Gasteiger partial charge in [0.05, 0.1) is 11.9 Å². The van der Waals surface area contributed by atoms with Gasteiger partial charge in [-0.3, -0.25) is 9.78 Å². The Bertz CT molecular complexity index is 1310. The van der Waals surface area contributed by atoms with Crippen LogP contribution in [-0.4, -0.2) is 23.5 Å². The van der Waals surface area contributed by atoms with Gasteiger partial charge in [0, 0.05) is 23.2 Å². The summed E-state index contributed by atoms with van der Waals surface area (Å²) >= 11 is 0. The van der Waals surface area contributed by atoms with Crippen LogP contribution in [0.15, 0.2) is 91.1 Å². The number of para-hydroxylation sites is 1. The smallest absolute Gasteiger partial charge is 0.310 e. The maximum Gasteiger partial charge on any atom is 0.310 e. The summed E-state index contributed by atoms with van der Waals surface area (Å²) in [5.41, 5.74) is 5.21. The Morgan fingerprint density at radius 2 is 1.59 bits per heavy atom. The molecule has 2 heterocycles. The molecule has 0 bridgehead atoms. The molecular weight excluding hydrogens is 456 g/mol. The molecule has 1 aliphatic heterocycles. The van der Waals surface area contributed by atoms with Crippen molar-refractivity contribution in [3.63, 3.8) is 0 Å². The molecule has 0 aliphatic carbocycles. The van der Waals surface area contributed by atoms with Crippen LogP contribution in [-0.2, 0) is 16.0 Å². The Balaban J connectivity index is 1.38. The summed E-state index contributed by atoms with van der Waals surface area (Å²) in [7, 11) is 0. The molecule has 4 atom stereocenters. The standard InChI is InChI=1S/C33H36N2O2/c1-3-24-21-31(35-22-25(24)4-2)33(29-18-19-34-30-13-9-8-12-28(29)30)37-32(36)20-23-14-16-27(17-15-23)26-10-6-5-7-11-26/h5-19,24-25,31,33,35H,3-4,20-22H2,1-2H3/t24-,25-,31-,33+/m0/s1. The van der Waals surface area contributed by atoms with Gasteiger partial charge in [-0.05, 0) is 53.6 Å². The van der Waals surface area contributed by atoms with Crippen LogP contribution in [0.4, 0.5) is 0 Å². The van der Waals surface area contributed by atoms with E-state index in [0.717, 1.165) is 47.0 Å². The molecule has 0 unspecified atom stereocenters. The highest BCUT2D eigenvalue weighted by molar-refractivity contribution is 5.83. The van der Waals surface area contributed by atoms with E-state index in [1.54, 1.807) is 0 Å². The maximum absolute atomic E-state index is 13.3. The van der Waals surface area contributed by atoms with Crippen molar-refractivity contribution in [2.45, 2.75) is 51.7 Å². The average molecular weight is 493 g/mol. The molecule has 5 rings (SSSR count). The maximum atomic E-state index is 13.3. The summed E-state index contributed by atoms with van der Waals surface area (Å²) < 4.78 is 6.34. The van der Waals surface area contributed by atoms with Crippen LogP contribution in [0, 0.1) is 11.8 Å². The molecule has 1 saturated heterocycles. The first-order valence-electron chi connectivity index (χ1n) is 13.6. The minimum Gasteiger partial charge on any atom is -0.456 e. The number of hydrogen-bond donors (Lipinski definition) is 1. The van der Waals surface area contributed by atoms with Crippen molar-refractivity contribution in [3.05, 3.63) is 102 Å². The average Bonchev–Trinajstić information content (AvgIpc) is 2.96. The summed E-state index contributed by atoms with van der Waals surface area (Å²) in [6.07, 6.45) is 5.01. The second-order valence-corrected chi connectivity index (χ2v) is 10.2. The zero-order valence-electron chi connectivity index (χ0n) is 21.8. The highest BCUT2D eigenvalue weighted by atomic mass is 16.5. The minimum atomic E-state index is -0.365. The lowest BCUT2D eigenvalue weighted by Crippen LogP contribution is -2.47. The molecule has 37 heavy (non-hydrogen) atoms. The van der Waals surface area contributed by atoms with Gasteiger partial charge < -0.3 is 10.1 Å². The molecule has 4 heteroatoms. The number of piperidine rings is 1. The van der Waals surface area contributed by atoms with Crippen LogP contribution in [0.5, 0.6) is 0 Å². The summed E-state index contributed by atoms with van der Waals surface area (Å²) in [4.78, 5) is 17.9. The second-order valence-electron chi connectivity index (χ2n) is 10.2. The van der Waals surface area contributed by atoms with E-state index in [4.69, 9.17) is 4.74 Å². The number of fused-ring (bicyclic) bond motifs is 1. The zero-order chi connectivity index (χ0) is 25.6. The second kappa shape index (κ2) is 11.7. The van der Waals surface area contributed by atoms with Crippen LogP contribution < -0.4 is 5.32 Å². The van der Waals surface area contributed by atoms with E-state index < -0.39 is 0 Å². The van der Waals surface area contributed by atoms with E-state index >= 15 is 0 Å². The molecule has 4 aromatic rings. The highest BCUT2D eigenvalue weighted by Gasteiger charge is 2.35. The third kappa shape index (κ3) is 5.75. The number of carbonyl (C=O) groups is 1. The molecule has 1 aromatic heterocycles. The van der Waals surface area contributed by atoms with Crippen molar-refractivity contribution in [3.8, 4) is 11.1 Å². The van der Waals surface area contributed by atoms with Crippen molar-refractivity contribution in [2.24, 2.45) is 11.8 Å². The number of nitrogens with one attached hydrogen (secondary N) is 1. The van der Waals surface area contributed by atoms with Gasteiger partial charge in [0.1, 0.15) is 6.10 Å². The van der Waals surface area contributed by atoms with Crippen LogP contribution in [0.25, 0.3) is 22.0 Å². The van der Waals surface area contributed by atoms with Crippen molar-refractivity contribution in [1.82, 2.24) is 10.3 Å². The van der Waals surface area contributed by atoms with Gasteiger partial charge in [0.25, 0.3) is 0 Å². The normalized spacial score (nSPS) is 20.4. The first-order valence-corrected chi connectivity index (χ1v) is 13.6.